The van der Waals surface area contributed by atoms with Gasteiger partial charge in [0.1, 0.15) is 17.9 Å². The van der Waals surface area contributed by atoms with Crippen molar-refractivity contribution in [2.75, 3.05) is 0 Å². The summed E-state index contributed by atoms with van der Waals surface area (Å²) in [5.41, 5.74) is 1.30. The molecule has 1 rings (SSSR count). The normalized spacial score (nSPS) is 13.7. The maximum Gasteiger partial charge on any atom is 0.408 e. The summed E-state index contributed by atoms with van der Waals surface area (Å²) in [6, 6.07) is 6.26. The first-order chi connectivity index (χ1) is 12.0. The number of carbonyl (C=O) groups is 3. The number of benzene rings is 1. The molecule has 2 N–H and O–H groups in total. The van der Waals surface area contributed by atoms with Gasteiger partial charge in [0.25, 0.3) is 0 Å². The van der Waals surface area contributed by atoms with Crippen LogP contribution in [0, 0.1) is 12.8 Å². The van der Waals surface area contributed by atoms with Crippen molar-refractivity contribution in [3.8, 4) is 0 Å². The number of nitrogens with one attached hydrogen (secondary N) is 2. The lowest BCUT2D eigenvalue weighted by Crippen LogP contribution is -2.53. The minimum atomic E-state index is -0.840. The molecule has 0 aliphatic rings. The third-order valence-corrected chi connectivity index (χ3v) is 3.70. The molecule has 0 fully saturated rings. The molecule has 0 spiro atoms. The van der Waals surface area contributed by atoms with Gasteiger partial charge in [0, 0.05) is 6.42 Å². The van der Waals surface area contributed by atoms with Gasteiger partial charge in [0.15, 0.2) is 0 Å². The Kier molecular flexibility index (Phi) is 7.80. The first-order valence-corrected chi connectivity index (χ1v) is 8.82. The van der Waals surface area contributed by atoms with E-state index in [0.717, 1.165) is 11.1 Å². The Morgan fingerprint density at radius 3 is 2.35 bits per heavy atom. The average Bonchev–Trinajstić information content (AvgIpc) is 2.49. The molecule has 2 amide bonds. The van der Waals surface area contributed by atoms with Crippen LogP contribution in [0.5, 0.6) is 0 Å². The van der Waals surface area contributed by atoms with E-state index in [9.17, 15) is 14.4 Å². The molecule has 0 aliphatic heterocycles. The number of hydrogen-bond donors (Lipinski definition) is 2. The number of amides is 2. The summed E-state index contributed by atoms with van der Waals surface area (Å²) in [6.45, 7) is 10.9. The summed E-state index contributed by atoms with van der Waals surface area (Å²) in [4.78, 5) is 36.0. The predicted molar refractivity (Wildman–Crippen MR) is 101 cm³/mol. The van der Waals surface area contributed by atoms with Gasteiger partial charge < -0.3 is 20.2 Å². The minimum absolute atomic E-state index is 0.0439. The second-order valence-electron chi connectivity index (χ2n) is 7.81. The number of hydrogen-bond acceptors (Lipinski definition) is 4. The van der Waals surface area contributed by atoms with E-state index in [1.54, 1.807) is 20.8 Å². The van der Waals surface area contributed by atoms with Crippen LogP contribution in [0.1, 0.15) is 45.7 Å². The van der Waals surface area contributed by atoms with Gasteiger partial charge in [-0.15, -0.1) is 0 Å². The monoisotopic (exact) mass is 362 g/mol. The van der Waals surface area contributed by atoms with Crippen molar-refractivity contribution in [2.24, 2.45) is 5.92 Å². The highest BCUT2D eigenvalue weighted by atomic mass is 16.6. The zero-order valence-corrected chi connectivity index (χ0v) is 16.5. The highest BCUT2D eigenvalue weighted by molar-refractivity contribution is 5.87. The van der Waals surface area contributed by atoms with Crippen LogP contribution in [-0.4, -0.2) is 36.0 Å². The number of aldehydes is 1. The molecule has 0 aliphatic carbocycles. The Morgan fingerprint density at radius 1 is 1.19 bits per heavy atom. The lowest BCUT2D eigenvalue weighted by atomic mass is 10.0. The van der Waals surface area contributed by atoms with Crippen molar-refractivity contribution in [2.45, 2.75) is 65.6 Å². The van der Waals surface area contributed by atoms with E-state index in [0.29, 0.717) is 12.7 Å². The molecule has 6 nitrogen and oxygen atoms in total. The topological polar surface area (TPSA) is 84.5 Å². The van der Waals surface area contributed by atoms with Crippen LogP contribution in [0.25, 0.3) is 0 Å². The molecule has 0 aromatic heterocycles. The van der Waals surface area contributed by atoms with Crippen LogP contribution < -0.4 is 10.6 Å². The number of rotatable bonds is 7. The minimum Gasteiger partial charge on any atom is -0.444 e. The zero-order chi connectivity index (χ0) is 19.9. The third kappa shape index (κ3) is 7.68. The Morgan fingerprint density at radius 2 is 1.85 bits per heavy atom. The molecule has 0 bridgehead atoms. The Hall–Kier alpha value is -2.37. The van der Waals surface area contributed by atoms with Crippen LogP contribution >= 0.6 is 0 Å². The standard InChI is InChI=1S/C20H30N2O4/c1-13(2)17(12-23)21-18(24)16(22-19(25)26-20(4,5)6)11-15-9-7-8-14(3)10-15/h7-10,12-13,16-17H,11H2,1-6H3,(H,21,24)(H,22,25). The number of ether oxygens (including phenoxy) is 1. The quantitative estimate of drug-likeness (QED) is 0.731. The molecule has 1 aromatic rings. The van der Waals surface area contributed by atoms with Gasteiger partial charge in [0.05, 0.1) is 6.04 Å². The molecular formula is C20H30N2O4. The van der Waals surface area contributed by atoms with Crippen molar-refractivity contribution >= 4 is 18.3 Å². The second-order valence-corrected chi connectivity index (χ2v) is 7.81. The van der Waals surface area contributed by atoms with Crippen molar-refractivity contribution < 1.29 is 19.1 Å². The number of alkyl carbamates (subject to hydrolysis) is 1. The van der Waals surface area contributed by atoms with Crippen molar-refractivity contribution in [1.29, 1.82) is 0 Å². The zero-order valence-electron chi connectivity index (χ0n) is 16.5. The third-order valence-electron chi connectivity index (χ3n) is 3.70. The smallest absolute Gasteiger partial charge is 0.408 e. The second kappa shape index (κ2) is 9.36. The molecule has 2 atom stereocenters. The van der Waals surface area contributed by atoms with E-state index in [1.165, 1.54) is 0 Å². The van der Waals surface area contributed by atoms with Crippen molar-refractivity contribution in [3.05, 3.63) is 35.4 Å². The van der Waals surface area contributed by atoms with Crippen molar-refractivity contribution in [1.82, 2.24) is 10.6 Å². The summed E-state index contributed by atoms with van der Waals surface area (Å²) in [5, 5.41) is 5.31. The fourth-order valence-corrected chi connectivity index (χ4v) is 2.36. The van der Waals surface area contributed by atoms with Gasteiger partial charge in [-0.1, -0.05) is 43.7 Å². The van der Waals surface area contributed by atoms with E-state index in [4.69, 9.17) is 4.74 Å². The highest BCUT2D eigenvalue weighted by Crippen LogP contribution is 2.10. The van der Waals surface area contributed by atoms with E-state index >= 15 is 0 Å². The molecule has 0 saturated carbocycles. The van der Waals surface area contributed by atoms with Crippen LogP contribution in [-0.2, 0) is 20.7 Å². The molecule has 0 saturated heterocycles. The maximum atomic E-state index is 12.7. The molecule has 2 unspecified atom stereocenters. The van der Waals surface area contributed by atoms with Crippen LogP contribution in [0.15, 0.2) is 24.3 Å². The summed E-state index contributed by atoms with van der Waals surface area (Å²) >= 11 is 0. The highest BCUT2D eigenvalue weighted by Gasteiger charge is 2.27. The molecular weight excluding hydrogens is 332 g/mol. The van der Waals surface area contributed by atoms with Gasteiger partial charge in [-0.2, -0.15) is 0 Å². The van der Waals surface area contributed by atoms with Gasteiger partial charge in [-0.3, -0.25) is 4.79 Å². The maximum absolute atomic E-state index is 12.7. The molecule has 0 radical (unpaired) electrons. The van der Waals surface area contributed by atoms with Crippen LogP contribution in [0.3, 0.4) is 0 Å². The molecule has 6 heteroatoms. The van der Waals surface area contributed by atoms with Crippen LogP contribution in [0.2, 0.25) is 0 Å². The van der Waals surface area contributed by atoms with E-state index in [-0.39, 0.29) is 5.92 Å². The van der Waals surface area contributed by atoms with Gasteiger partial charge in [-0.25, -0.2) is 4.79 Å². The lowest BCUT2D eigenvalue weighted by Gasteiger charge is -2.25. The number of aryl methyl sites for hydroxylation is 1. The summed E-state index contributed by atoms with van der Waals surface area (Å²) < 4.78 is 5.26. The Bertz CT molecular complexity index is 635. The largest absolute Gasteiger partial charge is 0.444 e. The summed E-state index contributed by atoms with van der Waals surface area (Å²) in [6.07, 6.45) is 0.341. The first kappa shape index (κ1) is 21.7. The Balaban J connectivity index is 2.94. The van der Waals surface area contributed by atoms with Gasteiger partial charge in [-0.05, 0) is 39.2 Å². The number of carbonyl (C=O) groups excluding carboxylic acids is 3. The van der Waals surface area contributed by atoms with Gasteiger partial charge >= 0.3 is 6.09 Å². The van der Waals surface area contributed by atoms with E-state index in [1.807, 2.05) is 45.0 Å². The van der Waals surface area contributed by atoms with E-state index < -0.39 is 29.7 Å². The molecule has 0 heterocycles. The lowest BCUT2D eigenvalue weighted by molar-refractivity contribution is -0.126. The summed E-state index contributed by atoms with van der Waals surface area (Å²) in [7, 11) is 0. The SMILES string of the molecule is Cc1cccc(CC(NC(=O)OC(C)(C)C)C(=O)NC(C=O)C(C)C)c1. The molecule has 1 aromatic carbocycles. The average molecular weight is 362 g/mol. The fraction of sp³-hybridized carbons (Fsp3) is 0.550. The van der Waals surface area contributed by atoms with E-state index in [2.05, 4.69) is 10.6 Å². The first-order valence-electron chi connectivity index (χ1n) is 8.82. The van der Waals surface area contributed by atoms with Crippen LogP contribution in [0.4, 0.5) is 4.79 Å². The molecule has 144 valence electrons. The molecule has 26 heavy (non-hydrogen) atoms. The Labute approximate surface area is 155 Å². The fourth-order valence-electron chi connectivity index (χ4n) is 2.36. The van der Waals surface area contributed by atoms with Gasteiger partial charge in [0.2, 0.25) is 5.91 Å². The summed E-state index contributed by atoms with van der Waals surface area (Å²) in [5.74, 6) is -0.458. The van der Waals surface area contributed by atoms with Crippen molar-refractivity contribution in [3.63, 3.8) is 0 Å². The predicted octanol–water partition coefficient (Wildman–Crippen LogP) is 2.77.